The molecule has 0 amide bonds. The number of halogens is 4. The van der Waals surface area contributed by atoms with E-state index in [1.165, 1.54) is 12.8 Å². The summed E-state index contributed by atoms with van der Waals surface area (Å²) >= 11 is 12.2. The second-order valence-electron chi connectivity index (χ2n) is 5.21. The molecule has 1 fully saturated rings. The maximum absolute atomic E-state index is 13.4. The fraction of sp³-hybridized carbons (Fsp3) is 0.250. The monoisotopic (exact) mass is 327 g/mol. The van der Waals surface area contributed by atoms with Gasteiger partial charge in [0, 0.05) is 23.2 Å². The maximum Gasteiger partial charge on any atom is 0.160 e. The smallest absolute Gasteiger partial charge is 0.160 e. The van der Waals surface area contributed by atoms with Crippen LogP contribution in [0, 0.1) is 11.6 Å². The van der Waals surface area contributed by atoms with Gasteiger partial charge in [-0.3, -0.25) is 0 Å². The fourth-order valence-corrected chi connectivity index (χ4v) is 2.61. The van der Waals surface area contributed by atoms with E-state index >= 15 is 0 Å². The highest BCUT2D eigenvalue weighted by Gasteiger charge is 2.20. The summed E-state index contributed by atoms with van der Waals surface area (Å²) in [6.07, 6.45) is 2.37. The van der Waals surface area contributed by atoms with Crippen LogP contribution in [0.15, 0.2) is 30.3 Å². The minimum atomic E-state index is -0.951. The first-order valence-electron chi connectivity index (χ1n) is 6.71. The molecule has 0 unspecified atom stereocenters. The third-order valence-electron chi connectivity index (χ3n) is 3.53. The van der Waals surface area contributed by atoms with E-state index in [-0.39, 0.29) is 5.02 Å². The number of benzene rings is 2. The second kappa shape index (κ2) is 5.91. The predicted molar refractivity (Wildman–Crippen MR) is 81.7 cm³/mol. The standard InChI is InChI=1S/C16H13Cl2F2N/c17-13-4-1-9(5-10(13)8-21-11-2-3-11)12-6-15(19)16(20)7-14(12)18/h1,4-7,11,21H,2-3,8H2. The van der Waals surface area contributed by atoms with E-state index in [2.05, 4.69) is 5.32 Å². The quantitative estimate of drug-likeness (QED) is 0.762. The lowest BCUT2D eigenvalue weighted by atomic mass is 10.0. The van der Waals surface area contributed by atoms with Gasteiger partial charge in [0.15, 0.2) is 11.6 Å². The molecule has 3 rings (SSSR count). The van der Waals surface area contributed by atoms with Crippen molar-refractivity contribution in [2.45, 2.75) is 25.4 Å². The van der Waals surface area contributed by atoms with Crippen molar-refractivity contribution in [3.63, 3.8) is 0 Å². The molecule has 0 bridgehead atoms. The second-order valence-corrected chi connectivity index (χ2v) is 6.02. The van der Waals surface area contributed by atoms with Crippen molar-refractivity contribution in [3.05, 3.63) is 57.6 Å². The summed E-state index contributed by atoms with van der Waals surface area (Å²) in [6.45, 7) is 0.651. The van der Waals surface area contributed by atoms with Crippen LogP contribution in [0.4, 0.5) is 8.78 Å². The highest BCUT2D eigenvalue weighted by atomic mass is 35.5. The van der Waals surface area contributed by atoms with E-state index in [4.69, 9.17) is 23.2 Å². The van der Waals surface area contributed by atoms with Gasteiger partial charge in [-0.15, -0.1) is 0 Å². The third kappa shape index (κ3) is 3.37. The van der Waals surface area contributed by atoms with Crippen LogP contribution in [-0.4, -0.2) is 6.04 Å². The van der Waals surface area contributed by atoms with E-state index in [1.807, 2.05) is 6.07 Å². The Balaban J connectivity index is 1.94. The van der Waals surface area contributed by atoms with Gasteiger partial charge in [-0.2, -0.15) is 0 Å². The van der Waals surface area contributed by atoms with Crippen molar-refractivity contribution in [2.24, 2.45) is 0 Å². The van der Waals surface area contributed by atoms with Gasteiger partial charge in [0.05, 0.1) is 5.02 Å². The zero-order valence-electron chi connectivity index (χ0n) is 11.1. The topological polar surface area (TPSA) is 12.0 Å². The average Bonchev–Trinajstić information content (AvgIpc) is 3.26. The van der Waals surface area contributed by atoms with Gasteiger partial charge in [-0.05, 0) is 48.2 Å². The number of hydrogen-bond acceptors (Lipinski definition) is 1. The molecule has 5 heteroatoms. The first-order valence-corrected chi connectivity index (χ1v) is 7.47. The van der Waals surface area contributed by atoms with E-state index in [0.29, 0.717) is 23.2 Å². The Morgan fingerprint density at radius 3 is 2.43 bits per heavy atom. The average molecular weight is 328 g/mol. The zero-order valence-corrected chi connectivity index (χ0v) is 12.6. The van der Waals surface area contributed by atoms with Crippen LogP contribution in [0.25, 0.3) is 11.1 Å². The summed E-state index contributed by atoms with van der Waals surface area (Å²) in [7, 11) is 0. The molecule has 0 aliphatic heterocycles. The van der Waals surface area contributed by atoms with E-state index < -0.39 is 11.6 Å². The molecular formula is C16H13Cl2F2N. The molecule has 1 saturated carbocycles. The molecule has 0 spiro atoms. The molecule has 21 heavy (non-hydrogen) atoms. The molecule has 1 aliphatic carbocycles. The Morgan fingerprint density at radius 1 is 1.00 bits per heavy atom. The highest BCUT2D eigenvalue weighted by molar-refractivity contribution is 6.33. The summed E-state index contributed by atoms with van der Waals surface area (Å²) in [5.74, 6) is -1.87. The SMILES string of the molecule is Fc1cc(Cl)c(-c2ccc(Cl)c(CNC3CC3)c2)cc1F. The largest absolute Gasteiger partial charge is 0.310 e. The molecule has 1 nitrogen and oxygen atoms in total. The minimum absolute atomic E-state index is 0.178. The molecule has 0 saturated heterocycles. The van der Waals surface area contributed by atoms with E-state index in [0.717, 1.165) is 23.3 Å². The van der Waals surface area contributed by atoms with E-state index in [1.54, 1.807) is 12.1 Å². The van der Waals surface area contributed by atoms with Gasteiger partial charge in [0.2, 0.25) is 0 Å². The Hall–Kier alpha value is -1.16. The molecular weight excluding hydrogens is 315 g/mol. The van der Waals surface area contributed by atoms with Crippen LogP contribution in [0.2, 0.25) is 10.0 Å². The van der Waals surface area contributed by atoms with Gasteiger partial charge >= 0.3 is 0 Å². The Labute approximate surface area is 131 Å². The maximum atomic E-state index is 13.4. The number of nitrogens with one attached hydrogen (secondary N) is 1. The van der Waals surface area contributed by atoms with Crippen molar-refractivity contribution in [2.75, 3.05) is 0 Å². The molecule has 0 atom stereocenters. The van der Waals surface area contributed by atoms with Crippen molar-refractivity contribution < 1.29 is 8.78 Å². The summed E-state index contributed by atoms with van der Waals surface area (Å²) < 4.78 is 26.6. The van der Waals surface area contributed by atoms with Gasteiger partial charge in [-0.25, -0.2) is 8.78 Å². The highest BCUT2D eigenvalue weighted by Crippen LogP contribution is 2.32. The molecule has 1 aliphatic rings. The molecule has 0 radical (unpaired) electrons. The van der Waals surface area contributed by atoms with Gasteiger partial charge in [0.25, 0.3) is 0 Å². The lowest BCUT2D eigenvalue weighted by Crippen LogP contribution is -2.15. The molecule has 0 heterocycles. The van der Waals surface area contributed by atoms with Crippen molar-refractivity contribution in [1.29, 1.82) is 0 Å². The van der Waals surface area contributed by atoms with Crippen LogP contribution in [0.5, 0.6) is 0 Å². The molecule has 2 aromatic rings. The first-order chi connectivity index (χ1) is 10.0. The summed E-state index contributed by atoms with van der Waals surface area (Å²) in [5.41, 5.74) is 2.10. The van der Waals surface area contributed by atoms with Crippen LogP contribution >= 0.6 is 23.2 Å². The van der Waals surface area contributed by atoms with Crippen LogP contribution in [-0.2, 0) is 6.54 Å². The van der Waals surface area contributed by atoms with Crippen molar-refractivity contribution >= 4 is 23.2 Å². The van der Waals surface area contributed by atoms with Gasteiger partial charge in [-0.1, -0.05) is 29.3 Å². The third-order valence-corrected chi connectivity index (χ3v) is 4.21. The first kappa shape index (κ1) is 14.8. The van der Waals surface area contributed by atoms with Gasteiger partial charge in [0.1, 0.15) is 0 Å². The van der Waals surface area contributed by atoms with Crippen LogP contribution < -0.4 is 5.32 Å². The Morgan fingerprint density at radius 2 is 1.71 bits per heavy atom. The molecule has 110 valence electrons. The Bertz CT molecular complexity index is 684. The summed E-state index contributed by atoms with van der Waals surface area (Å²) in [4.78, 5) is 0. The number of rotatable bonds is 4. The predicted octanol–water partition coefficient (Wildman–Crippen LogP) is 5.19. The fourth-order valence-electron chi connectivity index (χ4n) is 2.16. The normalized spacial score (nSPS) is 14.5. The summed E-state index contributed by atoms with van der Waals surface area (Å²) in [5, 5.41) is 4.20. The minimum Gasteiger partial charge on any atom is -0.310 e. The Kier molecular flexibility index (Phi) is 4.16. The van der Waals surface area contributed by atoms with Crippen LogP contribution in [0.3, 0.4) is 0 Å². The molecule has 2 aromatic carbocycles. The molecule has 0 aromatic heterocycles. The lowest BCUT2D eigenvalue weighted by molar-refractivity contribution is 0.509. The number of hydrogen-bond donors (Lipinski definition) is 1. The van der Waals surface area contributed by atoms with Gasteiger partial charge < -0.3 is 5.32 Å². The van der Waals surface area contributed by atoms with E-state index in [9.17, 15) is 8.78 Å². The van der Waals surface area contributed by atoms with Crippen molar-refractivity contribution in [1.82, 2.24) is 5.32 Å². The summed E-state index contributed by atoms with van der Waals surface area (Å²) in [6, 6.07) is 8.02. The lowest BCUT2D eigenvalue weighted by Gasteiger charge is -2.10. The van der Waals surface area contributed by atoms with Crippen molar-refractivity contribution in [3.8, 4) is 11.1 Å². The molecule has 1 N–H and O–H groups in total. The van der Waals surface area contributed by atoms with Crippen LogP contribution in [0.1, 0.15) is 18.4 Å². The zero-order chi connectivity index (χ0) is 15.0.